The van der Waals surface area contributed by atoms with E-state index < -0.39 is 5.97 Å². The van der Waals surface area contributed by atoms with Gasteiger partial charge in [0.1, 0.15) is 0 Å². The summed E-state index contributed by atoms with van der Waals surface area (Å²) in [5, 5.41) is 11.4. The zero-order valence-electron chi connectivity index (χ0n) is 11.5. The normalized spacial score (nSPS) is 11.1. The summed E-state index contributed by atoms with van der Waals surface area (Å²) in [7, 11) is 0. The minimum absolute atomic E-state index is 0.0318. The van der Waals surface area contributed by atoms with Crippen molar-refractivity contribution in [1.82, 2.24) is 5.32 Å². The maximum Gasteiger partial charge on any atom is 0.303 e. The van der Waals surface area contributed by atoms with Gasteiger partial charge in [0, 0.05) is 12.0 Å². The maximum absolute atomic E-state index is 11.6. The Morgan fingerprint density at radius 2 is 1.79 bits per heavy atom. The van der Waals surface area contributed by atoms with E-state index in [2.05, 4.69) is 17.4 Å². The van der Waals surface area contributed by atoms with Crippen LogP contribution in [0.15, 0.2) is 30.3 Å². The summed E-state index contributed by atoms with van der Waals surface area (Å²) < 4.78 is 0. The monoisotopic (exact) mass is 263 g/mol. The molecule has 0 radical (unpaired) electrons. The molecule has 0 fully saturated rings. The predicted molar refractivity (Wildman–Crippen MR) is 73.9 cm³/mol. The molecular weight excluding hydrogens is 242 g/mol. The summed E-state index contributed by atoms with van der Waals surface area (Å²) in [6.07, 6.45) is 1.60. The van der Waals surface area contributed by atoms with Gasteiger partial charge in [-0.1, -0.05) is 30.3 Å². The fourth-order valence-electron chi connectivity index (χ4n) is 1.82. The highest BCUT2D eigenvalue weighted by Crippen LogP contribution is 2.14. The van der Waals surface area contributed by atoms with Gasteiger partial charge in [0.15, 0.2) is 0 Å². The van der Waals surface area contributed by atoms with Crippen LogP contribution < -0.4 is 5.32 Å². The van der Waals surface area contributed by atoms with E-state index in [-0.39, 0.29) is 24.3 Å². The van der Waals surface area contributed by atoms with Crippen molar-refractivity contribution < 1.29 is 14.7 Å². The van der Waals surface area contributed by atoms with Crippen molar-refractivity contribution in [2.45, 2.75) is 45.1 Å². The molecule has 1 aromatic rings. The first-order chi connectivity index (χ1) is 8.89. The third kappa shape index (κ3) is 6.60. The molecule has 0 aliphatic rings. The summed E-state index contributed by atoms with van der Waals surface area (Å²) in [4.78, 5) is 22.0. The second-order valence-electron chi connectivity index (χ2n) is 5.31. The molecule has 4 nitrogen and oxygen atoms in total. The largest absolute Gasteiger partial charge is 0.481 e. The fourth-order valence-corrected chi connectivity index (χ4v) is 1.82. The van der Waals surface area contributed by atoms with E-state index in [9.17, 15) is 9.59 Å². The second-order valence-corrected chi connectivity index (χ2v) is 5.31. The average Bonchev–Trinajstić information content (AvgIpc) is 2.35. The fraction of sp³-hybridized carbons (Fsp3) is 0.467. The third-order valence-electron chi connectivity index (χ3n) is 2.93. The lowest BCUT2D eigenvalue weighted by Gasteiger charge is -2.26. The van der Waals surface area contributed by atoms with Crippen LogP contribution in [0.2, 0.25) is 0 Å². The Hall–Kier alpha value is -1.84. The number of benzene rings is 1. The van der Waals surface area contributed by atoms with Gasteiger partial charge in [0.25, 0.3) is 0 Å². The van der Waals surface area contributed by atoms with E-state index in [1.54, 1.807) is 0 Å². The van der Waals surface area contributed by atoms with E-state index in [4.69, 9.17) is 5.11 Å². The molecule has 0 atom stereocenters. The molecule has 1 amide bonds. The van der Waals surface area contributed by atoms with Gasteiger partial charge in [-0.3, -0.25) is 9.59 Å². The smallest absolute Gasteiger partial charge is 0.303 e. The van der Waals surface area contributed by atoms with Gasteiger partial charge in [0.2, 0.25) is 5.91 Å². The number of carbonyl (C=O) groups excluding carboxylic acids is 1. The Balaban J connectivity index is 2.38. The molecule has 0 spiro atoms. The molecule has 0 heterocycles. The maximum atomic E-state index is 11.6. The van der Waals surface area contributed by atoms with Crippen molar-refractivity contribution in [1.29, 1.82) is 0 Å². The van der Waals surface area contributed by atoms with E-state index in [1.807, 2.05) is 32.0 Å². The van der Waals surface area contributed by atoms with Gasteiger partial charge in [-0.2, -0.15) is 0 Å². The molecular formula is C15H21NO3. The van der Waals surface area contributed by atoms with Crippen molar-refractivity contribution in [3.05, 3.63) is 35.9 Å². The Kier molecular flexibility index (Phi) is 5.55. The highest BCUT2D eigenvalue weighted by Gasteiger charge is 2.20. The van der Waals surface area contributed by atoms with E-state index >= 15 is 0 Å². The molecule has 2 N–H and O–H groups in total. The van der Waals surface area contributed by atoms with Gasteiger partial charge in [-0.05, 0) is 32.3 Å². The molecule has 0 aliphatic carbocycles. The topological polar surface area (TPSA) is 66.4 Å². The Labute approximate surface area is 113 Å². The number of carboxylic acids is 1. The summed E-state index contributed by atoms with van der Waals surface area (Å²) >= 11 is 0. The van der Waals surface area contributed by atoms with Gasteiger partial charge in [-0.25, -0.2) is 0 Å². The van der Waals surface area contributed by atoms with Crippen LogP contribution in [-0.4, -0.2) is 22.5 Å². The zero-order valence-corrected chi connectivity index (χ0v) is 11.5. The summed E-state index contributed by atoms with van der Waals surface area (Å²) in [6, 6.07) is 10.1. The number of carbonyl (C=O) groups is 2. The van der Waals surface area contributed by atoms with Crippen molar-refractivity contribution in [2.24, 2.45) is 0 Å². The molecule has 0 saturated carbocycles. The molecule has 1 aromatic carbocycles. The van der Waals surface area contributed by atoms with Crippen molar-refractivity contribution in [3.63, 3.8) is 0 Å². The lowest BCUT2D eigenvalue weighted by atomic mass is 9.95. The van der Waals surface area contributed by atoms with Gasteiger partial charge < -0.3 is 10.4 Å². The Bertz CT molecular complexity index is 426. The van der Waals surface area contributed by atoms with Crippen molar-refractivity contribution in [3.8, 4) is 0 Å². The highest BCUT2D eigenvalue weighted by molar-refractivity contribution is 5.81. The number of hydrogen-bond acceptors (Lipinski definition) is 2. The number of amides is 1. The minimum Gasteiger partial charge on any atom is -0.481 e. The quantitative estimate of drug-likeness (QED) is 0.793. The van der Waals surface area contributed by atoms with Gasteiger partial charge in [-0.15, -0.1) is 0 Å². The lowest BCUT2D eigenvalue weighted by Crippen LogP contribution is -2.43. The molecule has 104 valence electrons. The number of rotatable bonds is 7. The molecule has 4 heteroatoms. The number of carboxylic acid groups (broad SMARTS) is 1. The van der Waals surface area contributed by atoms with Crippen LogP contribution >= 0.6 is 0 Å². The van der Waals surface area contributed by atoms with Gasteiger partial charge in [0.05, 0.1) is 6.42 Å². The van der Waals surface area contributed by atoms with Crippen LogP contribution in [0.4, 0.5) is 0 Å². The number of nitrogens with one attached hydrogen (secondary N) is 1. The number of aliphatic carboxylic acids is 1. The Morgan fingerprint density at radius 3 is 2.37 bits per heavy atom. The first-order valence-electron chi connectivity index (χ1n) is 6.46. The highest BCUT2D eigenvalue weighted by atomic mass is 16.4. The lowest BCUT2D eigenvalue weighted by molar-refractivity contribution is -0.139. The van der Waals surface area contributed by atoms with E-state index in [0.29, 0.717) is 0 Å². The molecule has 0 unspecified atom stereocenters. The van der Waals surface area contributed by atoms with Crippen LogP contribution in [0, 0.1) is 0 Å². The number of hydrogen-bond donors (Lipinski definition) is 2. The summed E-state index contributed by atoms with van der Waals surface area (Å²) in [6.45, 7) is 3.91. The molecule has 1 rings (SSSR count). The Morgan fingerprint density at radius 1 is 1.16 bits per heavy atom. The van der Waals surface area contributed by atoms with Crippen molar-refractivity contribution in [2.75, 3.05) is 0 Å². The number of aryl methyl sites for hydroxylation is 1. The van der Waals surface area contributed by atoms with Crippen LogP contribution in [0.1, 0.15) is 38.7 Å². The molecule has 0 saturated heterocycles. The zero-order chi connectivity index (χ0) is 14.3. The second kappa shape index (κ2) is 6.92. The summed E-state index contributed by atoms with van der Waals surface area (Å²) in [5.41, 5.74) is 0.904. The first kappa shape index (κ1) is 15.2. The minimum atomic E-state index is -0.947. The van der Waals surface area contributed by atoms with Gasteiger partial charge >= 0.3 is 5.97 Å². The third-order valence-corrected chi connectivity index (χ3v) is 2.93. The standard InChI is InChI=1S/C15H21NO3/c1-15(2,16-13(17)8-9-14(18)19)11-10-12-6-4-3-5-7-12/h3-7H,8-11H2,1-2H3,(H,16,17)(H,18,19). The summed E-state index contributed by atoms with van der Waals surface area (Å²) in [5.74, 6) is -1.15. The van der Waals surface area contributed by atoms with Crippen LogP contribution in [0.5, 0.6) is 0 Å². The van der Waals surface area contributed by atoms with Crippen molar-refractivity contribution >= 4 is 11.9 Å². The molecule has 0 aliphatic heterocycles. The molecule has 0 aromatic heterocycles. The molecule has 19 heavy (non-hydrogen) atoms. The van der Waals surface area contributed by atoms with Crippen LogP contribution in [0.3, 0.4) is 0 Å². The SMILES string of the molecule is CC(C)(CCc1ccccc1)NC(=O)CCC(=O)O. The predicted octanol–water partition coefficient (Wildman–Crippen LogP) is 2.38. The van der Waals surface area contributed by atoms with E-state index in [1.165, 1.54) is 5.56 Å². The molecule has 0 bridgehead atoms. The first-order valence-corrected chi connectivity index (χ1v) is 6.46. The van der Waals surface area contributed by atoms with E-state index in [0.717, 1.165) is 12.8 Å². The van der Waals surface area contributed by atoms with Crippen LogP contribution in [-0.2, 0) is 16.0 Å². The average molecular weight is 263 g/mol. The van der Waals surface area contributed by atoms with Crippen LogP contribution in [0.25, 0.3) is 0 Å².